The van der Waals surface area contributed by atoms with Gasteiger partial charge >= 0.3 is 6.18 Å². The van der Waals surface area contributed by atoms with E-state index in [2.05, 4.69) is 10.0 Å². The Morgan fingerprint density at radius 2 is 1.59 bits per heavy atom. The minimum atomic E-state index is -4.52. The van der Waals surface area contributed by atoms with Crippen molar-refractivity contribution in [3.63, 3.8) is 0 Å². The predicted octanol–water partition coefficient (Wildman–Crippen LogP) is 5.06. The fourth-order valence-electron chi connectivity index (χ4n) is 3.45. The Balaban J connectivity index is 1.63. The van der Waals surface area contributed by atoms with Crippen LogP contribution in [0.3, 0.4) is 0 Å². The van der Waals surface area contributed by atoms with Crippen LogP contribution in [0.15, 0.2) is 71.6 Å². The molecular weight excluding hydrogens is 467 g/mol. The summed E-state index contributed by atoms with van der Waals surface area (Å²) in [5.74, 6) is -0.364. The van der Waals surface area contributed by atoms with Crippen LogP contribution in [0.4, 0.5) is 30.2 Å². The number of carbonyl (C=O) groups excluding carboxylic acids is 1. The highest BCUT2D eigenvalue weighted by Gasteiger charge is 2.30. The maximum absolute atomic E-state index is 12.9. The van der Waals surface area contributed by atoms with Crippen LogP contribution in [-0.4, -0.2) is 28.4 Å². The van der Waals surface area contributed by atoms with Crippen molar-refractivity contribution in [2.75, 3.05) is 29.0 Å². The minimum Gasteiger partial charge on any atom is -0.378 e. The van der Waals surface area contributed by atoms with Crippen molar-refractivity contribution in [3.8, 4) is 0 Å². The summed E-state index contributed by atoms with van der Waals surface area (Å²) in [5, 5.41) is 2.71. The zero-order valence-corrected chi connectivity index (χ0v) is 19.0. The van der Waals surface area contributed by atoms with E-state index < -0.39 is 21.8 Å². The molecule has 10 heteroatoms. The van der Waals surface area contributed by atoms with Gasteiger partial charge in [-0.25, -0.2) is 8.42 Å². The van der Waals surface area contributed by atoms with Crippen LogP contribution < -0.4 is 14.9 Å². The van der Waals surface area contributed by atoms with Crippen molar-refractivity contribution in [2.24, 2.45) is 0 Å². The first-order chi connectivity index (χ1) is 15.9. The van der Waals surface area contributed by atoms with E-state index in [-0.39, 0.29) is 16.5 Å². The van der Waals surface area contributed by atoms with Crippen LogP contribution >= 0.6 is 0 Å². The normalized spacial score (nSPS) is 14.6. The molecule has 0 unspecified atom stereocenters. The van der Waals surface area contributed by atoms with E-state index in [1.165, 1.54) is 18.2 Å². The van der Waals surface area contributed by atoms with Gasteiger partial charge in [0.25, 0.3) is 15.9 Å². The lowest BCUT2D eigenvalue weighted by Gasteiger charge is -2.12. The summed E-state index contributed by atoms with van der Waals surface area (Å²) < 4.78 is 66.3. The SMILES string of the molecule is CN(C)c1ccc(C=C2C(=O)Nc3ccc(S(=O)(=O)Nc4ccc(C(F)(F)F)cc4)cc32)cc1. The Kier molecular flexibility index (Phi) is 5.86. The van der Waals surface area contributed by atoms with Gasteiger partial charge in [-0.1, -0.05) is 12.1 Å². The molecular formula is C24H20F3N3O3S. The lowest BCUT2D eigenvalue weighted by atomic mass is 10.0. The van der Waals surface area contributed by atoms with Crippen LogP contribution in [0.5, 0.6) is 0 Å². The van der Waals surface area contributed by atoms with Gasteiger partial charge in [-0.05, 0) is 66.2 Å². The first-order valence-corrected chi connectivity index (χ1v) is 11.6. The number of alkyl halides is 3. The van der Waals surface area contributed by atoms with Gasteiger partial charge in [0.15, 0.2) is 0 Å². The first kappa shape index (κ1) is 23.4. The molecule has 0 aromatic heterocycles. The Morgan fingerprint density at radius 1 is 0.941 bits per heavy atom. The molecule has 3 aromatic rings. The lowest BCUT2D eigenvalue weighted by molar-refractivity contribution is -0.137. The second kappa shape index (κ2) is 8.53. The number of rotatable bonds is 5. The van der Waals surface area contributed by atoms with Gasteiger partial charge in [0.05, 0.1) is 10.5 Å². The number of nitrogens with one attached hydrogen (secondary N) is 2. The predicted molar refractivity (Wildman–Crippen MR) is 126 cm³/mol. The number of halogens is 3. The smallest absolute Gasteiger partial charge is 0.378 e. The molecule has 4 rings (SSSR count). The first-order valence-electron chi connectivity index (χ1n) is 10.1. The lowest BCUT2D eigenvalue weighted by Crippen LogP contribution is -2.13. The van der Waals surface area contributed by atoms with Gasteiger partial charge in [-0.2, -0.15) is 13.2 Å². The summed E-state index contributed by atoms with van der Waals surface area (Å²) in [5.41, 5.74) is 2.04. The maximum Gasteiger partial charge on any atom is 0.416 e. The van der Waals surface area contributed by atoms with Crippen LogP contribution in [0, 0.1) is 0 Å². The number of benzene rings is 3. The quantitative estimate of drug-likeness (QED) is 0.493. The van der Waals surface area contributed by atoms with E-state index in [0.717, 1.165) is 35.5 Å². The van der Waals surface area contributed by atoms with Crippen molar-refractivity contribution in [3.05, 3.63) is 83.4 Å². The number of hydrogen-bond acceptors (Lipinski definition) is 4. The van der Waals surface area contributed by atoms with Crippen molar-refractivity contribution < 1.29 is 26.4 Å². The number of fused-ring (bicyclic) bond motifs is 1. The van der Waals surface area contributed by atoms with Gasteiger partial charge in [0.2, 0.25) is 0 Å². The van der Waals surface area contributed by atoms with E-state index >= 15 is 0 Å². The van der Waals surface area contributed by atoms with Gasteiger partial charge in [-0.3, -0.25) is 9.52 Å². The molecule has 0 aliphatic carbocycles. The summed E-state index contributed by atoms with van der Waals surface area (Å²) in [6.45, 7) is 0. The third kappa shape index (κ3) is 4.76. The Morgan fingerprint density at radius 3 is 2.18 bits per heavy atom. The van der Waals surface area contributed by atoms with Crippen LogP contribution in [-0.2, 0) is 21.0 Å². The molecule has 0 saturated heterocycles. The zero-order valence-electron chi connectivity index (χ0n) is 18.1. The van der Waals surface area contributed by atoms with Gasteiger partial charge in [-0.15, -0.1) is 0 Å². The Labute approximate surface area is 194 Å². The summed E-state index contributed by atoms with van der Waals surface area (Å²) in [4.78, 5) is 14.3. The number of sulfonamides is 1. The number of nitrogens with zero attached hydrogens (tertiary/aromatic N) is 1. The molecule has 1 aliphatic rings. The number of hydrogen-bond donors (Lipinski definition) is 2. The summed E-state index contributed by atoms with van der Waals surface area (Å²) in [6, 6.07) is 15.3. The van der Waals surface area contributed by atoms with Crippen molar-refractivity contribution in [1.29, 1.82) is 0 Å². The molecule has 0 saturated carbocycles. The molecule has 2 N–H and O–H groups in total. The van der Waals surface area contributed by atoms with Crippen molar-refractivity contribution in [1.82, 2.24) is 0 Å². The molecule has 1 heterocycles. The topological polar surface area (TPSA) is 78.5 Å². The maximum atomic E-state index is 12.9. The fourth-order valence-corrected chi connectivity index (χ4v) is 4.54. The highest BCUT2D eigenvalue weighted by atomic mass is 32.2. The van der Waals surface area contributed by atoms with E-state index in [4.69, 9.17) is 0 Å². The van der Waals surface area contributed by atoms with Crippen molar-refractivity contribution in [2.45, 2.75) is 11.1 Å². The molecule has 0 atom stereocenters. The second-order valence-corrected chi connectivity index (χ2v) is 9.57. The average molecular weight is 488 g/mol. The zero-order chi connectivity index (χ0) is 24.7. The third-order valence-corrected chi connectivity index (χ3v) is 6.65. The van der Waals surface area contributed by atoms with E-state index in [9.17, 15) is 26.4 Å². The molecule has 1 aliphatic heterocycles. The molecule has 1 amide bonds. The summed E-state index contributed by atoms with van der Waals surface area (Å²) in [6.07, 6.45) is -2.85. The Hall–Kier alpha value is -3.79. The van der Waals surface area contributed by atoms with E-state index in [0.29, 0.717) is 16.8 Å². The molecule has 0 bridgehead atoms. The van der Waals surface area contributed by atoms with Gasteiger partial charge < -0.3 is 10.2 Å². The second-order valence-electron chi connectivity index (χ2n) is 7.89. The number of anilines is 3. The molecule has 0 spiro atoms. The van der Waals surface area contributed by atoms with Gasteiger partial charge in [0, 0.05) is 42.3 Å². The van der Waals surface area contributed by atoms with Crippen LogP contribution in [0.25, 0.3) is 11.6 Å². The summed E-state index contributed by atoms with van der Waals surface area (Å²) in [7, 11) is -0.292. The average Bonchev–Trinajstić information content (AvgIpc) is 3.08. The van der Waals surface area contributed by atoms with E-state index in [1.807, 2.05) is 43.3 Å². The van der Waals surface area contributed by atoms with Crippen LogP contribution in [0.2, 0.25) is 0 Å². The molecule has 176 valence electrons. The van der Waals surface area contributed by atoms with Crippen LogP contribution in [0.1, 0.15) is 16.7 Å². The summed E-state index contributed by atoms with van der Waals surface area (Å²) >= 11 is 0. The number of carbonyl (C=O) groups is 1. The van der Waals surface area contributed by atoms with E-state index in [1.54, 1.807) is 6.08 Å². The van der Waals surface area contributed by atoms with Gasteiger partial charge in [0.1, 0.15) is 0 Å². The standard InChI is InChI=1S/C24H20F3N3O3S/c1-30(2)18-9-3-15(4-10-18)13-21-20-14-19(11-12-22(20)28-23(21)31)34(32,33)29-17-7-5-16(6-8-17)24(25,26)27/h3-14,29H,1-2H3,(H,28,31). The fraction of sp³-hybridized carbons (Fsp3) is 0.125. The molecule has 0 radical (unpaired) electrons. The molecule has 0 fully saturated rings. The monoisotopic (exact) mass is 487 g/mol. The largest absolute Gasteiger partial charge is 0.416 e. The molecule has 6 nitrogen and oxygen atoms in total. The number of amides is 1. The third-order valence-electron chi connectivity index (χ3n) is 5.27. The molecule has 34 heavy (non-hydrogen) atoms. The Bertz CT molecular complexity index is 1380. The highest BCUT2D eigenvalue weighted by molar-refractivity contribution is 7.92. The van der Waals surface area contributed by atoms with Crippen molar-refractivity contribution >= 4 is 44.6 Å². The minimum absolute atomic E-state index is 0.0144. The molecule has 3 aromatic carbocycles. The highest BCUT2D eigenvalue weighted by Crippen LogP contribution is 2.36.